The van der Waals surface area contributed by atoms with Crippen LogP contribution in [-0.2, 0) is 24.4 Å². The minimum absolute atomic E-state index is 0.00620. The summed E-state index contributed by atoms with van der Waals surface area (Å²) in [6.45, 7) is 4.85. The van der Waals surface area contributed by atoms with Gasteiger partial charge in [0.2, 0.25) is 27.7 Å². The minimum atomic E-state index is -4.01. The zero-order valence-corrected chi connectivity index (χ0v) is 31.3. The third-order valence-electron chi connectivity index (χ3n) is 10.8. The molecular weight excluding hydrogens is 726 g/mol. The number of amides is 4. The molecule has 1 saturated heterocycles. The van der Waals surface area contributed by atoms with E-state index in [4.69, 9.17) is 4.74 Å². The van der Waals surface area contributed by atoms with Crippen LogP contribution < -0.4 is 20.1 Å². The number of carbonyl (C=O) groups excluding carboxylic acids is 4. The summed E-state index contributed by atoms with van der Waals surface area (Å²) in [4.78, 5) is 70.7. The lowest BCUT2D eigenvalue weighted by Gasteiger charge is -2.30. The summed E-state index contributed by atoms with van der Waals surface area (Å²) in [5.41, 5.74) is 1.26. The van der Waals surface area contributed by atoms with E-state index in [1.165, 1.54) is 17.0 Å². The van der Waals surface area contributed by atoms with E-state index in [1.54, 1.807) is 32.3 Å². The number of hydrogen-bond donors (Lipinski definition) is 3. The van der Waals surface area contributed by atoms with Crippen LogP contribution in [-0.4, -0.2) is 86.9 Å². The number of halogens is 1. The van der Waals surface area contributed by atoms with E-state index in [0.29, 0.717) is 53.9 Å². The largest absolute Gasteiger partial charge is 0.471 e. The van der Waals surface area contributed by atoms with Gasteiger partial charge in [-0.2, -0.15) is 0 Å². The molecule has 2 aliphatic carbocycles. The van der Waals surface area contributed by atoms with Crippen LogP contribution in [0.4, 0.5) is 4.39 Å². The molecule has 17 heteroatoms. The van der Waals surface area contributed by atoms with Crippen LogP contribution in [0.25, 0.3) is 11.0 Å². The zero-order valence-electron chi connectivity index (χ0n) is 29.7. The van der Waals surface area contributed by atoms with Gasteiger partial charge in [-0.3, -0.25) is 23.9 Å². The summed E-state index contributed by atoms with van der Waals surface area (Å²) >= 11 is 1.16. The number of aryl methyl sites for hydroxylation is 2. The normalized spacial score (nSPS) is 27.7. The number of para-hydroxylation sites is 1. The number of allylic oxidation sites excluding steroid dienone is 1. The number of nitrogens with zero attached hydrogens (tertiary/aromatic N) is 4. The molecule has 4 heterocycles. The van der Waals surface area contributed by atoms with Gasteiger partial charge in [0.05, 0.1) is 28.0 Å². The number of thiazole rings is 1. The fourth-order valence-corrected chi connectivity index (χ4v) is 9.09. The fraction of sp³-hybridized carbons (Fsp3) is 0.528. The first-order chi connectivity index (χ1) is 25.2. The van der Waals surface area contributed by atoms with Crippen molar-refractivity contribution >= 4 is 56.0 Å². The van der Waals surface area contributed by atoms with Crippen LogP contribution >= 0.6 is 11.3 Å². The van der Waals surface area contributed by atoms with Gasteiger partial charge in [-0.05, 0) is 71.4 Å². The lowest BCUT2D eigenvalue weighted by Crippen LogP contribution is -2.58. The first kappa shape index (κ1) is 36.8. The van der Waals surface area contributed by atoms with Crippen molar-refractivity contribution in [3.05, 3.63) is 57.9 Å². The monoisotopic (exact) mass is 767 g/mol. The Kier molecular flexibility index (Phi) is 9.76. The molecule has 2 aliphatic heterocycles. The van der Waals surface area contributed by atoms with Gasteiger partial charge in [-0.15, -0.1) is 11.3 Å². The number of fused-ring (bicyclic) bond motifs is 3. The summed E-state index contributed by atoms with van der Waals surface area (Å²) in [5, 5.41) is 5.73. The number of benzene rings is 1. The van der Waals surface area contributed by atoms with Crippen LogP contribution in [0.15, 0.2) is 35.9 Å². The predicted molar refractivity (Wildman–Crippen MR) is 193 cm³/mol. The Bertz CT molecular complexity index is 2120. The molecule has 0 radical (unpaired) electrons. The molecule has 1 unspecified atom stereocenters. The Labute approximate surface area is 310 Å². The van der Waals surface area contributed by atoms with Crippen LogP contribution in [0.1, 0.15) is 85.8 Å². The van der Waals surface area contributed by atoms with Crippen LogP contribution in [0.2, 0.25) is 0 Å². The van der Waals surface area contributed by atoms with Crippen molar-refractivity contribution in [2.24, 2.45) is 5.92 Å². The molecule has 4 amide bonds. The summed E-state index contributed by atoms with van der Waals surface area (Å²) in [6, 6.07) is 2.25. The Morgan fingerprint density at radius 3 is 2.64 bits per heavy atom. The first-order valence-electron chi connectivity index (χ1n) is 17.9. The molecule has 4 aliphatic rings. The number of aromatic nitrogens is 3. The molecule has 7 rings (SSSR count). The predicted octanol–water partition coefficient (Wildman–Crippen LogP) is 3.38. The maximum absolute atomic E-state index is 14.7. The number of nitrogens with one attached hydrogen (secondary N) is 3. The highest BCUT2D eigenvalue weighted by Crippen LogP contribution is 2.47. The van der Waals surface area contributed by atoms with Crippen molar-refractivity contribution in [2.45, 2.75) is 107 Å². The van der Waals surface area contributed by atoms with Gasteiger partial charge in [-0.25, -0.2) is 27.8 Å². The van der Waals surface area contributed by atoms with E-state index in [1.807, 2.05) is 12.2 Å². The van der Waals surface area contributed by atoms with E-state index in [-0.39, 0.29) is 30.8 Å². The van der Waals surface area contributed by atoms with Crippen LogP contribution in [0, 0.1) is 25.6 Å². The Balaban J connectivity index is 1.20. The van der Waals surface area contributed by atoms with Crippen molar-refractivity contribution in [3.63, 3.8) is 0 Å². The van der Waals surface area contributed by atoms with Gasteiger partial charge >= 0.3 is 0 Å². The van der Waals surface area contributed by atoms with Gasteiger partial charge in [0, 0.05) is 12.3 Å². The van der Waals surface area contributed by atoms with Crippen molar-refractivity contribution in [3.8, 4) is 5.88 Å². The second kappa shape index (κ2) is 14.0. The molecule has 1 aromatic carbocycles. The molecule has 3 aromatic rings. The maximum atomic E-state index is 14.7. The van der Waals surface area contributed by atoms with Crippen molar-refractivity contribution in [1.29, 1.82) is 0 Å². The van der Waals surface area contributed by atoms with Gasteiger partial charge < -0.3 is 20.3 Å². The van der Waals surface area contributed by atoms with E-state index in [2.05, 4.69) is 30.3 Å². The minimum Gasteiger partial charge on any atom is -0.471 e. The second-order valence-electron chi connectivity index (χ2n) is 14.7. The molecule has 5 atom stereocenters. The number of rotatable bonds is 7. The highest BCUT2D eigenvalue weighted by atomic mass is 32.2. The van der Waals surface area contributed by atoms with Crippen LogP contribution in [0.5, 0.6) is 5.88 Å². The quantitative estimate of drug-likeness (QED) is 0.301. The van der Waals surface area contributed by atoms with Crippen molar-refractivity contribution in [1.82, 2.24) is 35.2 Å². The molecule has 14 nitrogen and oxygen atoms in total. The zero-order chi connectivity index (χ0) is 37.7. The highest BCUT2D eigenvalue weighted by molar-refractivity contribution is 7.91. The molecule has 282 valence electrons. The number of carbonyl (C=O) groups is 4. The molecule has 2 saturated carbocycles. The van der Waals surface area contributed by atoms with Crippen molar-refractivity contribution in [2.75, 3.05) is 6.54 Å². The third kappa shape index (κ3) is 7.24. The molecule has 53 heavy (non-hydrogen) atoms. The van der Waals surface area contributed by atoms with E-state index in [9.17, 15) is 32.0 Å². The molecule has 2 aromatic heterocycles. The standard InChI is InChI=1S/C36H42FN7O7S2/c1-20-29(52-19-38-20)31(46)40-26-12-8-6-4-5-7-10-22-17-36(22,34(48)43-53(49,50)35(3)14-15-35)42-30(45)27-16-23(18-44(27)33(26)47)51-32-21(2)39-25-13-9-11-24(37)28(25)41-32/h7,9-11,13,19,22-23,26-27H,4-6,8,12,14-18H2,1-3H3,(H,40,46)(H,42,45)(H,43,48)/b10-7-/t22?,23-,26+,27+,36-/m1/s1. The average Bonchev–Trinajstić information content (AvgIpc) is 3.91. The van der Waals surface area contributed by atoms with E-state index >= 15 is 0 Å². The highest BCUT2D eigenvalue weighted by Gasteiger charge is 2.63. The number of sulfonamides is 1. The Morgan fingerprint density at radius 1 is 1.11 bits per heavy atom. The summed E-state index contributed by atoms with van der Waals surface area (Å²) in [6.07, 6.45) is 7.09. The summed E-state index contributed by atoms with van der Waals surface area (Å²) in [7, 11) is -4.01. The first-order valence-corrected chi connectivity index (χ1v) is 20.2. The van der Waals surface area contributed by atoms with Gasteiger partial charge in [0.1, 0.15) is 39.8 Å². The lowest BCUT2D eigenvalue weighted by atomic mass is 10.0. The second-order valence-corrected chi connectivity index (χ2v) is 17.8. The van der Waals surface area contributed by atoms with E-state index in [0.717, 1.165) is 24.2 Å². The summed E-state index contributed by atoms with van der Waals surface area (Å²) in [5.74, 6) is -3.47. The van der Waals surface area contributed by atoms with Gasteiger partial charge in [0.25, 0.3) is 11.8 Å². The molecule has 0 spiro atoms. The number of ether oxygens (including phenoxy) is 1. The lowest BCUT2D eigenvalue weighted by molar-refractivity contribution is -0.141. The Hall–Kier alpha value is -4.51. The Morgan fingerprint density at radius 2 is 1.91 bits per heavy atom. The SMILES string of the molecule is Cc1nc2cccc(F)c2nc1O[C@@H]1C[C@H]2C(=O)N[C@]3(C(=O)NS(=O)(=O)C4(C)CC4)CC3/C=C\CCCCC[C@H](NC(=O)c3scnc3C)C(=O)N2C1. The summed E-state index contributed by atoms with van der Waals surface area (Å²) < 4.78 is 48.3. The molecule has 0 bridgehead atoms. The average molecular weight is 768 g/mol. The van der Waals surface area contributed by atoms with Gasteiger partial charge in [-0.1, -0.05) is 31.1 Å². The molecular formula is C36H42FN7O7S2. The smallest absolute Gasteiger partial charge is 0.263 e. The topological polar surface area (TPSA) is 190 Å². The van der Waals surface area contributed by atoms with Crippen molar-refractivity contribution < 1.29 is 36.7 Å². The maximum Gasteiger partial charge on any atom is 0.263 e. The number of hydrogen-bond acceptors (Lipinski definition) is 11. The molecule has 3 fully saturated rings. The van der Waals surface area contributed by atoms with E-state index < -0.39 is 73.9 Å². The van der Waals surface area contributed by atoms with Gasteiger partial charge in [0.15, 0.2) is 5.82 Å². The van der Waals surface area contributed by atoms with Crippen LogP contribution in [0.3, 0.4) is 0 Å². The fourth-order valence-electron chi connectivity index (χ4n) is 7.08. The molecule has 3 N–H and O–H groups in total. The third-order valence-corrected chi connectivity index (χ3v) is 13.9.